The second-order valence-corrected chi connectivity index (χ2v) is 7.67. The first-order valence-corrected chi connectivity index (χ1v) is 9.90. The summed E-state index contributed by atoms with van der Waals surface area (Å²) in [6, 6.07) is 9.48. The van der Waals surface area contributed by atoms with Crippen molar-refractivity contribution in [2.45, 2.75) is 71.1 Å². The molecule has 0 aliphatic heterocycles. The zero-order valence-corrected chi connectivity index (χ0v) is 15.6. The van der Waals surface area contributed by atoms with Gasteiger partial charge in [-0.15, -0.1) is 0 Å². The Bertz CT molecular complexity index is 669. The van der Waals surface area contributed by atoms with E-state index in [2.05, 4.69) is 18.0 Å². The molecule has 3 rings (SSSR count). The van der Waals surface area contributed by atoms with Crippen LogP contribution in [0.15, 0.2) is 36.5 Å². The first-order valence-electron chi connectivity index (χ1n) is 9.90. The topological polar surface area (TPSA) is 12.9 Å². The standard InChI is InChI=1S/C23H30FN/c1-3-4-5-6-18-8-10-19(11-9-18)20-12-14-23(25-16-20)21-13-7-17(2)15-22(21)24/h7,12-16,18-19H,3-6,8-11H2,1-2H3. The Kier molecular flexibility index (Phi) is 6.23. The van der Waals surface area contributed by atoms with E-state index < -0.39 is 0 Å². The summed E-state index contributed by atoms with van der Waals surface area (Å²) in [5, 5.41) is 0. The fraction of sp³-hybridized carbons (Fsp3) is 0.522. The molecule has 0 spiro atoms. The summed E-state index contributed by atoms with van der Waals surface area (Å²) < 4.78 is 14.1. The maximum atomic E-state index is 14.1. The molecule has 0 saturated heterocycles. The van der Waals surface area contributed by atoms with Crippen LogP contribution in [0.25, 0.3) is 11.3 Å². The van der Waals surface area contributed by atoms with Gasteiger partial charge in [0.05, 0.1) is 5.69 Å². The van der Waals surface area contributed by atoms with E-state index in [9.17, 15) is 4.39 Å². The van der Waals surface area contributed by atoms with Gasteiger partial charge in [0, 0.05) is 11.8 Å². The molecule has 1 aliphatic rings. The van der Waals surface area contributed by atoms with E-state index in [4.69, 9.17) is 0 Å². The van der Waals surface area contributed by atoms with E-state index in [0.717, 1.165) is 17.2 Å². The van der Waals surface area contributed by atoms with Crippen molar-refractivity contribution in [2.75, 3.05) is 0 Å². The van der Waals surface area contributed by atoms with E-state index in [1.54, 1.807) is 6.07 Å². The van der Waals surface area contributed by atoms with Gasteiger partial charge in [-0.2, -0.15) is 0 Å². The first-order chi connectivity index (χ1) is 12.2. The van der Waals surface area contributed by atoms with Gasteiger partial charge in [0.2, 0.25) is 0 Å². The van der Waals surface area contributed by atoms with Gasteiger partial charge in [0.1, 0.15) is 5.82 Å². The second kappa shape index (κ2) is 8.60. The minimum atomic E-state index is -0.187. The molecule has 1 saturated carbocycles. The Morgan fingerprint density at radius 2 is 1.84 bits per heavy atom. The van der Waals surface area contributed by atoms with Crippen LogP contribution in [-0.2, 0) is 0 Å². The highest BCUT2D eigenvalue weighted by Gasteiger charge is 2.22. The van der Waals surface area contributed by atoms with Crippen LogP contribution in [0, 0.1) is 18.7 Å². The van der Waals surface area contributed by atoms with E-state index in [1.165, 1.54) is 56.9 Å². The maximum Gasteiger partial charge on any atom is 0.132 e. The summed E-state index contributed by atoms with van der Waals surface area (Å²) >= 11 is 0. The van der Waals surface area contributed by atoms with Crippen molar-refractivity contribution < 1.29 is 4.39 Å². The first kappa shape index (κ1) is 18.1. The molecule has 2 aromatic rings. The van der Waals surface area contributed by atoms with E-state index in [-0.39, 0.29) is 5.82 Å². The van der Waals surface area contributed by atoms with Crippen LogP contribution in [0.4, 0.5) is 4.39 Å². The number of aryl methyl sites for hydroxylation is 1. The van der Waals surface area contributed by atoms with Crippen molar-refractivity contribution in [3.8, 4) is 11.3 Å². The molecule has 1 fully saturated rings. The van der Waals surface area contributed by atoms with Crippen LogP contribution in [0.3, 0.4) is 0 Å². The SMILES string of the molecule is CCCCCC1CCC(c2ccc(-c3ccc(C)cc3F)nc2)CC1. The number of hydrogen-bond donors (Lipinski definition) is 0. The lowest BCUT2D eigenvalue weighted by molar-refractivity contribution is 0.302. The maximum absolute atomic E-state index is 14.1. The molecule has 1 heterocycles. The van der Waals surface area contributed by atoms with Gasteiger partial charge in [0.15, 0.2) is 0 Å². The average Bonchev–Trinajstić information content (AvgIpc) is 2.63. The molecule has 2 heteroatoms. The summed E-state index contributed by atoms with van der Waals surface area (Å²) in [5.41, 5.74) is 3.59. The van der Waals surface area contributed by atoms with Gasteiger partial charge in [-0.25, -0.2) is 4.39 Å². The van der Waals surface area contributed by atoms with Gasteiger partial charge in [-0.1, -0.05) is 44.7 Å². The number of unbranched alkanes of at least 4 members (excludes halogenated alkanes) is 2. The van der Waals surface area contributed by atoms with Gasteiger partial charge in [0.25, 0.3) is 0 Å². The minimum absolute atomic E-state index is 0.187. The Labute approximate surface area is 151 Å². The van der Waals surface area contributed by atoms with E-state index >= 15 is 0 Å². The molecule has 0 amide bonds. The molecule has 1 aliphatic carbocycles. The highest BCUT2D eigenvalue weighted by molar-refractivity contribution is 5.60. The summed E-state index contributed by atoms with van der Waals surface area (Å²) in [4.78, 5) is 4.55. The third-order valence-corrected chi connectivity index (χ3v) is 5.72. The Hall–Kier alpha value is -1.70. The van der Waals surface area contributed by atoms with Crippen molar-refractivity contribution in [2.24, 2.45) is 5.92 Å². The smallest absolute Gasteiger partial charge is 0.132 e. The third-order valence-electron chi connectivity index (χ3n) is 5.72. The number of benzene rings is 1. The Balaban J connectivity index is 1.60. The molecule has 0 radical (unpaired) electrons. The van der Waals surface area contributed by atoms with Gasteiger partial charge in [-0.05, 0) is 73.8 Å². The van der Waals surface area contributed by atoms with Crippen molar-refractivity contribution >= 4 is 0 Å². The van der Waals surface area contributed by atoms with E-state index in [1.807, 2.05) is 31.3 Å². The zero-order valence-electron chi connectivity index (χ0n) is 15.6. The number of hydrogen-bond acceptors (Lipinski definition) is 1. The van der Waals surface area contributed by atoms with Crippen LogP contribution in [0.2, 0.25) is 0 Å². The monoisotopic (exact) mass is 339 g/mol. The number of nitrogens with zero attached hydrogens (tertiary/aromatic N) is 1. The summed E-state index contributed by atoms with van der Waals surface area (Å²) in [5.74, 6) is 1.37. The molecule has 25 heavy (non-hydrogen) atoms. The lowest BCUT2D eigenvalue weighted by atomic mass is 9.77. The molecular formula is C23H30FN. The van der Waals surface area contributed by atoms with Crippen LogP contribution in [0.1, 0.15) is 75.3 Å². The van der Waals surface area contributed by atoms with Gasteiger partial charge < -0.3 is 0 Å². The van der Waals surface area contributed by atoms with Crippen molar-refractivity contribution in [3.05, 3.63) is 53.5 Å². The molecule has 0 unspecified atom stereocenters. The number of pyridine rings is 1. The molecule has 1 nitrogen and oxygen atoms in total. The highest BCUT2D eigenvalue weighted by Crippen LogP contribution is 2.38. The van der Waals surface area contributed by atoms with Crippen LogP contribution in [0.5, 0.6) is 0 Å². The molecular weight excluding hydrogens is 309 g/mol. The molecule has 134 valence electrons. The normalized spacial score (nSPS) is 20.6. The van der Waals surface area contributed by atoms with Crippen molar-refractivity contribution in [3.63, 3.8) is 0 Å². The van der Waals surface area contributed by atoms with Crippen molar-refractivity contribution in [1.29, 1.82) is 0 Å². The van der Waals surface area contributed by atoms with Gasteiger partial charge in [-0.3, -0.25) is 4.98 Å². The largest absolute Gasteiger partial charge is 0.256 e. The highest BCUT2D eigenvalue weighted by atomic mass is 19.1. The fourth-order valence-corrected chi connectivity index (χ4v) is 4.10. The number of rotatable bonds is 6. The van der Waals surface area contributed by atoms with E-state index in [0.29, 0.717) is 11.5 Å². The molecule has 1 aromatic heterocycles. The minimum Gasteiger partial charge on any atom is -0.256 e. The molecule has 1 aromatic carbocycles. The summed E-state index contributed by atoms with van der Waals surface area (Å²) in [6.45, 7) is 4.18. The van der Waals surface area contributed by atoms with Crippen molar-refractivity contribution in [1.82, 2.24) is 4.98 Å². The summed E-state index contributed by atoms with van der Waals surface area (Å²) in [7, 11) is 0. The fourth-order valence-electron chi connectivity index (χ4n) is 4.10. The predicted octanol–water partition coefficient (Wildman–Crippen LogP) is 7.05. The van der Waals surface area contributed by atoms with Crippen LogP contribution in [-0.4, -0.2) is 4.98 Å². The Morgan fingerprint density at radius 3 is 2.48 bits per heavy atom. The quantitative estimate of drug-likeness (QED) is 0.514. The van der Waals surface area contributed by atoms with Crippen LogP contribution >= 0.6 is 0 Å². The van der Waals surface area contributed by atoms with Crippen LogP contribution < -0.4 is 0 Å². The molecule has 0 N–H and O–H groups in total. The zero-order chi connectivity index (χ0) is 17.6. The predicted molar refractivity (Wildman–Crippen MR) is 103 cm³/mol. The molecule has 0 atom stereocenters. The Morgan fingerprint density at radius 1 is 1.04 bits per heavy atom. The lowest BCUT2D eigenvalue weighted by Crippen LogP contribution is -2.13. The third kappa shape index (κ3) is 4.68. The second-order valence-electron chi connectivity index (χ2n) is 7.67. The van der Waals surface area contributed by atoms with Gasteiger partial charge >= 0.3 is 0 Å². The summed E-state index contributed by atoms with van der Waals surface area (Å²) in [6.07, 6.45) is 12.7. The number of aromatic nitrogens is 1. The lowest BCUT2D eigenvalue weighted by Gasteiger charge is -2.28. The number of halogens is 1. The molecule has 0 bridgehead atoms. The average molecular weight is 339 g/mol.